The van der Waals surface area contributed by atoms with Crippen LogP contribution in [0, 0.1) is 0 Å². The molecular weight excluding hydrogens is 274 g/mol. The quantitative estimate of drug-likeness (QED) is 0.870. The highest BCUT2D eigenvalue weighted by Crippen LogP contribution is 2.23. The summed E-state index contributed by atoms with van der Waals surface area (Å²) in [5.41, 5.74) is 2.05. The first-order valence-electron chi connectivity index (χ1n) is 8.07. The average Bonchev–Trinajstić information content (AvgIpc) is 3.00. The molecule has 1 aromatic heterocycles. The summed E-state index contributed by atoms with van der Waals surface area (Å²) in [6, 6.07) is 10.9. The van der Waals surface area contributed by atoms with Crippen LogP contribution in [0.3, 0.4) is 0 Å². The number of aryl methyl sites for hydroxylation is 2. The number of amides is 1. The van der Waals surface area contributed by atoms with Gasteiger partial charge in [0.1, 0.15) is 0 Å². The Morgan fingerprint density at radius 2 is 2.09 bits per heavy atom. The first-order chi connectivity index (χ1) is 10.7. The second-order valence-corrected chi connectivity index (χ2v) is 6.08. The molecule has 1 aliphatic heterocycles. The van der Waals surface area contributed by atoms with Crippen LogP contribution in [0.4, 0.5) is 0 Å². The van der Waals surface area contributed by atoms with Crippen molar-refractivity contribution >= 4 is 5.91 Å². The molecule has 0 bridgehead atoms. The minimum absolute atomic E-state index is 0.130. The second-order valence-electron chi connectivity index (χ2n) is 6.08. The van der Waals surface area contributed by atoms with Crippen LogP contribution < -0.4 is 0 Å². The van der Waals surface area contributed by atoms with Gasteiger partial charge >= 0.3 is 0 Å². The largest absolute Gasteiger partial charge is 0.336 e. The average molecular weight is 297 g/mol. The molecule has 1 aromatic carbocycles. The molecule has 2 heterocycles. The summed E-state index contributed by atoms with van der Waals surface area (Å²) in [4.78, 5) is 14.8. The smallest absolute Gasteiger partial charge is 0.257 e. The van der Waals surface area contributed by atoms with Gasteiger partial charge < -0.3 is 4.90 Å². The van der Waals surface area contributed by atoms with Crippen LogP contribution >= 0.6 is 0 Å². The van der Waals surface area contributed by atoms with Gasteiger partial charge in [0.2, 0.25) is 0 Å². The minimum atomic E-state index is 0.130. The number of carbonyl (C=O) groups excluding carboxylic acids is 1. The molecule has 1 fully saturated rings. The summed E-state index contributed by atoms with van der Waals surface area (Å²) in [5.74, 6) is 0.130. The van der Waals surface area contributed by atoms with E-state index in [2.05, 4.69) is 34.3 Å². The first-order valence-corrected chi connectivity index (χ1v) is 8.07. The Kier molecular flexibility index (Phi) is 4.56. The molecule has 0 saturated carbocycles. The lowest BCUT2D eigenvalue weighted by molar-refractivity contribution is 0.0602. The summed E-state index contributed by atoms with van der Waals surface area (Å²) in [5, 5.41) is 4.12. The summed E-state index contributed by atoms with van der Waals surface area (Å²) in [6.45, 7) is 0.868. The van der Waals surface area contributed by atoms with Crippen molar-refractivity contribution < 1.29 is 4.79 Å². The molecule has 4 heteroatoms. The van der Waals surface area contributed by atoms with E-state index in [0.717, 1.165) is 32.2 Å². The Bertz CT molecular complexity index is 620. The molecule has 3 rings (SSSR count). The standard InChI is InChI=1S/C18H23N3O/c1-20-14-16(13-19-20)18(22)21-12-6-5-9-17(21)11-10-15-7-3-2-4-8-15/h2-4,7-8,13-14,17H,5-6,9-12H2,1H3/t17-/m0/s1. The number of hydrogen-bond acceptors (Lipinski definition) is 2. The van der Waals surface area contributed by atoms with Crippen molar-refractivity contribution in [3.8, 4) is 0 Å². The molecule has 0 radical (unpaired) electrons. The van der Waals surface area contributed by atoms with E-state index in [4.69, 9.17) is 0 Å². The van der Waals surface area contributed by atoms with E-state index in [-0.39, 0.29) is 5.91 Å². The van der Waals surface area contributed by atoms with E-state index in [1.807, 2.05) is 19.3 Å². The second kappa shape index (κ2) is 6.77. The monoisotopic (exact) mass is 297 g/mol. The fraction of sp³-hybridized carbons (Fsp3) is 0.444. The van der Waals surface area contributed by atoms with Crippen LogP contribution in [0.2, 0.25) is 0 Å². The maximum atomic E-state index is 12.7. The van der Waals surface area contributed by atoms with Gasteiger partial charge in [-0.2, -0.15) is 5.10 Å². The molecule has 1 atom stereocenters. The van der Waals surface area contributed by atoms with Crippen molar-refractivity contribution in [1.29, 1.82) is 0 Å². The Balaban J connectivity index is 1.67. The van der Waals surface area contributed by atoms with E-state index in [1.54, 1.807) is 10.9 Å². The van der Waals surface area contributed by atoms with Crippen LogP contribution in [0.5, 0.6) is 0 Å². The third-order valence-corrected chi connectivity index (χ3v) is 4.45. The summed E-state index contributed by atoms with van der Waals surface area (Å²) < 4.78 is 1.69. The Hall–Kier alpha value is -2.10. The van der Waals surface area contributed by atoms with Crippen molar-refractivity contribution in [2.75, 3.05) is 6.54 Å². The summed E-state index contributed by atoms with van der Waals surface area (Å²) >= 11 is 0. The lowest BCUT2D eigenvalue weighted by Crippen LogP contribution is -2.43. The number of carbonyl (C=O) groups is 1. The van der Waals surface area contributed by atoms with Gasteiger partial charge in [-0.3, -0.25) is 9.48 Å². The molecule has 22 heavy (non-hydrogen) atoms. The van der Waals surface area contributed by atoms with Gasteiger partial charge in [-0.05, 0) is 37.7 Å². The Labute approximate surface area is 131 Å². The fourth-order valence-electron chi connectivity index (χ4n) is 3.24. The highest BCUT2D eigenvalue weighted by Gasteiger charge is 2.27. The number of aromatic nitrogens is 2. The van der Waals surface area contributed by atoms with Crippen molar-refractivity contribution in [2.24, 2.45) is 7.05 Å². The molecule has 2 aromatic rings. The number of benzene rings is 1. The molecule has 1 amide bonds. The zero-order valence-corrected chi connectivity index (χ0v) is 13.1. The van der Waals surface area contributed by atoms with Gasteiger partial charge in [0.05, 0.1) is 11.8 Å². The summed E-state index contributed by atoms with van der Waals surface area (Å²) in [7, 11) is 1.85. The van der Waals surface area contributed by atoms with E-state index in [1.165, 1.54) is 12.0 Å². The van der Waals surface area contributed by atoms with Crippen molar-refractivity contribution in [3.05, 3.63) is 53.9 Å². The molecule has 0 aliphatic carbocycles. The van der Waals surface area contributed by atoms with Crippen molar-refractivity contribution in [3.63, 3.8) is 0 Å². The van der Waals surface area contributed by atoms with Crippen LogP contribution in [0.15, 0.2) is 42.7 Å². The summed E-state index contributed by atoms with van der Waals surface area (Å²) in [6.07, 6.45) is 8.98. The maximum absolute atomic E-state index is 12.7. The highest BCUT2D eigenvalue weighted by atomic mass is 16.2. The lowest BCUT2D eigenvalue weighted by Gasteiger charge is -2.35. The number of nitrogens with zero attached hydrogens (tertiary/aromatic N) is 3. The molecule has 0 spiro atoms. The number of hydrogen-bond donors (Lipinski definition) is 0. The van der Waals surface area contributed by atoms with Crippen LogP contribution in [-0.4, -0.2) is 33.2 Å². The molecule has 0 unspecified atom stereocenters. The van der Waals surface area contributed by atoms with Crippen molar-refractivity contribution in [2.45, 2.75) is 38.1 Å². The van der Waals surface area contributed by atoms with Gasteiger partial charge in [0.15, 0.2) is 0 Å². The zero-order chi connectivity index (χ0) is 15.4. The molecular formula is C18H23N3O. The number of piperidine rings is 1. The van der Waals surface area contributed by atoms with Gasteiger partial charge in [0, 0.05) is 25.8 Å². The molecule has 1 saturated heterocycles. The topological polar surface area (TPSA) is 38.1 Å². The van der Waals surface area contributed by atoms with Gasteiger partial charge in [0.25, 0.3) is 5.91 Å². The van der Waals surface area contributed by atoms with E-state index in [0.29, 0.717) is 11.6 Å². The highest BCUT2D eigenvalue weighted by molar-refractivity contribution is 5.94. The predicted octanol–water partition coefficient (Wildman–Crippen LogP) is 3.05. The minimum Gasteiger partial charge on any atom is -0.336 e. The SMILES string of the molecule is Cn1cc(C(=O)N2CCCC[C@H]2CCc2ccccc2)cn1. The van der Waals surface area contributed by atoms with Crippen LogP contribution in [0.1, 0.15) is 41.6 Å². The Morgan fingerprint density at radius 3 is 2.82 bits per heavy atom. The van der Waals surface area contributed by atoms with Gasteiger partial charge in [-0.25, -0.2) is 0 Å². The third-order valence-electron chi connectivity index (χ3n) is 4.45. The maximum Gasteiger partial charge on any atom is 0.257 e. The number of likely N-dealkylation sites (tertiary alicyclic amines) is 1. The predicted molar refractivity (Wildman–Crippen MR) is 86.6 cm³/mol. The van der Waals surface area contributed by atoms with Gasteiger partial charge in [-0.1, -0.05) is 30.3 Å². The Morgan fingerprint density at radius 1 is 1.27 bits per heavy atom. The fourth-order valence-corrected chi connectivity index (χ4v) is 3.24. The van der Waals surface area contributed by atoms with Crippen molar-refractivity contribution in [1.82, 2.24) is 14.7 Å². The van der Waals surface area contributed by atoms with Gasteiger partial charge in [-0.15, -0.1) is 0 Å². The molecule has 116 valence electrons. The zero-order valence-electron chi connectivity index (χ0n) is 13.1. The molecule has 1 aliphatic rings. The van der Waals surface area contributed by atoms with E-state index < -0.39 is 0 Å². The normalized spacial score (nSPS) is 18.4. The first kappa shape index (κ1) is 14.8. The molecule has 0 N–H and O–H groups in total. The number of rotatable bonds is 4. The molecule has 4 nitrogen and oxygen atoms in total. The van der Waals surface area contributed by atoms with E-state index in [9.17, 15) is 4.79 Å². The lowest BCUT2D eigenvalue weighted by atomic mass is 9.95. The van der Waals surface area contributed by atoms with E-state index >= 15 is 0 Å². The van der Waals surface area contributed by atoms with Crippen LogP contribution in [-0.2, 0) is 13.5 Å². The van der Waals surface area contributed by atoms with Crippen LogP contribution in [0.25, 0.3) is 0 Å². The third kappa shape index (κ3) is 3.38.